The van der Waals surface area contributed by atoms with Crippen molar-refractivity contribution >= 4 is 68.2 Å². The molecular weight excluding hydrogens is 323 g/mol. The Kier molecular flexibility index (Phi) is 2.56. The minimum absolute atomic E-state index is 0.781. The second-order valence-corrected chi connectivity index (χ2v) is 5.68. The molecule has 62 valence electrons. The van der Waals surface area contributed by atoms with Crippen molar-refractivity contribution < 1.29 is 0 Å². The van der Waals surface area contributed by atoms with Crippen LogP contribution in [-0.4, -0.2) is 0 Å². The zero-order valence-electron chi connectivity index (χ0n) is 5.84. The highest BCUT2D eigenvalue weighted by molar-refractivity contribution is 14.1. The summed E-state index contributed by atoms with van der Waals surface area (Å²) in [4.78, 5) is 0. The predicted octanol–water partition coefficient (Wildman–Crippen LogP) is 4.45. The molecule has 0 amide bonds. The van der Waals surface area contributed by atoms with Gasteiger partial charge in [-0.05, 0) is 34.7 Å². The Morgan fingerprint density at radius 2 is 2.17 bits per heavy atom. The lowest BCUT2D eigenvalue weighted by atomic mass is 10.3. The van der Waals surface area contributed by atoms with Gasteiger partial charge in [0.1, 0.15) is 0 Å². The van der Waals surface area contributed by atoms with Gasteiger partial charge in [-0.2, -0.15) is 0 Å². The first kappa shape index (κ1) is 9.12. The molecule has 0 radical (unpaired) electrons. The van der Waals surface area contributed by atoms with Crippen molar-refractivity contribution in [3.05, 3.63) is 26.8 Å². The van der Waals surface area contributed by atoms with Gasteiger partial charge >= 0.3 is 0 Å². The van der Waals surface area contributed by atoms with Gasteiger partial charge in [-0.1, -0.05) is 17.7 Å². The van der Waals surface area contributed by atoms with E-state index in [4.69, 9.17) is 11.6 Å². The molecule has 1 heterocycles. The number of hydrogen-bond donors (Lipinski definition) is 1. The third-order valence-corrected chi connectivity index (χ3v) is 4.57. The van der Waals surface area contributed by atoms with E-state index in [-0.39, 0.29) is 0 Å². The van der Waals surface area contributed by atoms with Crippen LogP contribution in [0.15, 0.2) is 22.4 Å². The highest BCUT2D eigenvalue weighted by atomic mass is 127. The third-order valence-electron chi connectivity index (χ3n) is 1.59. The van der Waals surface area contributed by atoms with Crippen molar-refractivity contribution in [1.29, 1.82) is 0 Å². The first-order valence-corrected chi connectivity index (χ1v) is 5.97. The van der Waals surface area contributed by atoms with E-state index in [9.17, 15) is 0 Å². The van der Waals surface area contributed by atoms with E-state index in [1.165, 1.54) is 8.27 Å². The van der Waals surface area contributed by atoms with Crippen LogP contribution in [0, 0.1) is 3.57 Å². The van der Waals surface area contributed by atoms with Crippen molar-refractivity contribution in [1.82, 2.24) is 0 Å². The van der Waals surface area contributed by atoms with Crippen molar-refractivity contribution in [2.24, 2.45) is 0 Å². The average molecular weight is 327 g/mol. The van der Waals surface area contributed by atoms with Crippen LogP contribution < -0.4 is 0 Å². The quantitative estimate of drug-likeness (QED) is 0.537. The molecule has 0 unspecified atom stereocenters. The molecule has 2 rings (SSSR count). The van der Waals surface area contributed by atoms with E-state index in [1.807, 2.05) is 6.07 Å². The molecule has 1 aromatic heterocycles. The molecular formula is C8H4ClIS2. The number of fused-ring (bicyclic) bond motifs is 1. The molecule has 0 aliphatic heterocycles. The Hall–Kier alpha value is 0.550. The Balaban J connectivity index is 2.97. The molecule has 1 aromatic carbocycles. The summed E-state index contributed by atoms with van der Waals surface area (Å²) in [7, 11) is 0. The van der Waals surface area contributed by atoms with E-state index in [2.05, 4.69) is 47.4 Å². The minimum atomic E-state index is 0.781. The third kappa shape index (κ3) is 1.36. The van der Waals surface area contributed by atoms with Gasteiger partial charge in [-0.25, -0.2) is 0 Å². The summed E-state index contributed by atoms with van der Waals surface area (Å²) < 4.78 is 3.29. The summed E-state index contributed by atoms with van der Waals surface area (Å²) in [5.74, 6) is 0. The number of thiophene rings is 1. The molecule has 4 heteroatoms. The molecule has 0 aliphatic carbocycles. The van der Waals surface area contributed by atoms with Crippen LogP contribution in [0.25, 0.3) is 10.1 Å². The van der Waals surface area contributed by atoms with Crippen molar-refractivity contribution in [3.8, 4) is 0 Å². The first-order chi connectivity index (χ1) is 5.70. The standard InChI is InChI=1S/C8H4ClIS2/c9-7-6-4(10)2-1-3-5(6)12-8(7)11/h1-3,11H. The van der Waals surface area contributed by atoms with Gasteiger partial charge in [0.05, 0.1) is 9.23 Å². The lowest BCUT2D eigenvalue weighted by Crippen LogP contribution is -1.70. The van der Waals surface area contributed by atoms with Crippen molar-refractivity contribution in [2.45, 2.75) is 4.21 Å². The van der Waals surface area contributed by atoms with Crippen LogP contribution in [-0.2, 0) is 0 Å². The van der Waals surface area contributed by atoms with Crippen LogP contribution in [0.3, 0.4) is 0 Å². The maximum Gasteiger partial charge on any atom is 0.0768 e. The van der Waals surface area contributed by atoms with Crippen LogP contribution >= 0.6 is 58.2 Å². The number of thiol groups is 1. The summed E-state index contributed by atoms with van der Waals surface area (Å²) in [6.07, 6.45) is 0. The molecule has 0 nitrogen and oxygen atoms in total. The Morgan fingerprint density at radius 3 is 2.83 bits per heavy atom. The van der Waals surface area contributed by atoms with Gasteiger partial charge in [0.15, 0.2) is 0 Å². The Morgan fingerprint density at radius 1 is 1.42 bits per heavy atom. The zero-order valence-corrected chi connectivity index (χ0v) is 10.5. The van der Waals surface area contributed by atoms with Crippen molar-refractivity contribution in [3.63, 3.8) is 0 Å². The van der Waals surface area contributed by atoms with Crippen LogP contribution in [0.5, 0.6) is 0 Å². The molecule has 0 spiro atoms. The van der Waals surface area contributed by atoms with E-state index in [0.717, 1.165) is 14.6 Å². The second-order valence-electron chi connectivity index (χ2n) is 2.33. The molecule has 0 aliphatic rings. The molecule has 2 aromatic rings. The van der Waals surface area contributed by atoms with Crippen LogP contribution in [0.4, 0.5) is 0 Å². The van der Waals surface area contributed by atoms with E-state index >= 15 is 0 Å². The average Bonchev–Trinajstić information content (AvgIpc) is 2.29. The van der Waals surface area contributed by atoms with Gasteiger partial charge in [0.25, 0.3) is 0 Å². The fraction of sp³-hybridized carbons (Fsp3) is 0. The normalized spacial score (nSPS) is 10.9. The number of hydrogen-bond acceptors (Lipinski definition) is 2. The summed E-state index contributed by atoms with van der Waals surface area (Å²) >= 11 is 14.3. The van der Waals surface area contributed by atoms with Gasteiger partial charge < -0.3 is 0 Å². The van der Waals surface area contributed by atoms with E-state index < -0.39 is 0 Å². The molecule has 0 bridgehead atoms. The fourth-order valence-electron chi connectivity index (χ4n) is 1.06. The Bertz CT molecular complexity index is 436. The monoisotopic (exact) mass is 326 g/mol. The van der Waals surface area contributed by atoms with Crippen LogP contribution in [0.1, 0.15) is 0 Å². The highest BCUT2D eigenvalue weighted by Crippen LogP contribution is 2.39. The molecule has 12 heavy (non-hydrogen) atoms. The number of benzene rings is 1. The fourth-order valence-corrected chi connectivity index (χ4v) is 3.81. The number of halogens is 2. The first-order valence-electron chi connectivity index (χ1n) is 3.25. The molecule has 0 saturated carbocycles. The largest absolute Gasteiger partial charge is 0.131 e. The number of rotatable bonds is 0. The SMILES string of the molecule is Sc1sc2cccc(I)c2c1Cl. The smallest absolute Gasteiger partial charge is 0.0768 e. The summed E-state index contributed by atoms with van der Waals surface area (Å²) in [5, 5.41) is 1.91. The van der Waals surface area contributed by atoms with E-state index in [0.29, 0.717) is 0 Å². The van der Waals surface area contributed by atoms with Crippen molar-refractivity contribution in [2.75, 3.05) is 0 Å². The topological polar surface area (TPSA) is 0 Å². The summed E-state index contributed by atoms with van der Waals surface area (Å²) in [6.45, 7) is 0. The molecule has 0 fully saturated rings. The minimum Gasteiger partial charge on any atom is -0.131 e. The van der Waals surface area contributed by atoms with Gasteiger partial charge in [0.2, 0.25) is 0 Å². The lowest BCUT2D eigenvalue weighted by Gasteiger charge is -1.92. The van der Waals surface area contributed by atoms with Gasteiger partial charge in [0, 0.05) is 13.7 Å². The zero-order chi connectivity index (χ0) is 8.72. The summed E-state index contributed by atoms with van der Waals surface area (Å²) in [5.41, 5.74) is 0. The van der Waals surface area contributed by atoms with E-state index in [1.54, 1.807) is 11.3 Å². The van der Waals surface area contributed by atoms with Crippen LogP contribution in [0.2, 0.25) is 5.02 Å². The maximum absolute atomic E-state index is 6.08. The van der Waals surface area contributed by atoms with Gasteiger partial charge in [-0.3, -0.25) is 0 Å². The Labute approximate surface area is 98.5 Å². The maximum atomic E-state index is 6.08. The highest BCUT2D eigenvalue weighted by Gasteiger charge is 2.09. The second kappa shape index (κ2) is 3.36. The molecule has 0 N–H and O–H groups in total. The van der Waals surface area contributed by atoms with Gasteiger partial charge in [-0.15, -0.1) is 24.0 Å². The molecule has 0 saturated heterocycles. The lowest BCUT2D eigenvalue weighted by molar-refractivity contribution is 1.73. The summed E-state index contributed by atoms with van der Waals surface area (Å²) in [6, 6.07) is 6.15. The molecule has 0 atom stereocenters. The predicted molar refractivity (Wildman–Crippen MR) is 66.8 cm³/mol.